The van der Waals surface area contributed by atoms with E-state index in [-0.39, 0.29) is 23.7 Å². The number of carbonyl (C=O) groups excluding carboxylic acids is 1. The van der Waals surface area contributed by atoms with Crippen molar-refractivity contribution in [2.45, 2.75) is 24.4 Å². The van der Waals surface area contributed by atoms with Gasteiger partial charge in [-0.15, -0.1) is 0 Å². The highest BCUT2D eigenvalue weighted by Gasteiger charge is 2.26. The maximum absolute atomic E-state index is 14.1. The normalized spacial score (nSPS) is 15.6. The molecule has 6 nitrogen and oxygen atoms in total. The molecule has 0 radical (unpaired) electrons. The second-order valence-corrected chi connectivity index (χ2v) is 9.12. The van der Waals surface area contributed by atoms with E-state index in [1.165, 1.54) is 36.4 Å². The lowest BCUT2D eigenvalue weighted by atomic mass is 10.1. The van der Waals surface area contributed by atoms with Gasteiger partial charge in [0.25, 0.3) is 0 Å². The number of hydrogen-bond donors (Lipinski definition) is 0. The summed E-state index contributed by atoms with van der Waals surface area (Å²) in [6.07, 6.45) is 0.388. The summed E-state index contributed by atoms with van der Waals surface area (Å²) in [5.74, 6) is -0.830. The molecule has 1 aliphatic heterocycles. The highest BCUT2D eigenvalue weighted by molar-refractivity contribution is 7.90. The van der Waals surface area contributed by atoms with Crippen LogP contribution < -0.4 is 4.74 Å². The van der Waals surface area contributed by atoms with Gasteiger partial charge in [0.1, 0.15) is 18.2 Å². The molecule has 0 aliphatic carbocycles. The zero-order valence-electron chi connectivity index (χ0n) is 16.6. The Kier molecular flexibility index (Phi) is 5.75. The van der Waals surface area contributed by atoms with Crippen LogP contribution in [0, 0.1) is 5.82 Å². The van der Waals surface area contributed by atoms with Crippen molar-refractivity contribution < 1.29 is 31.8 Å². The van der Waals surface area contributed by atoms with Crippen LogP contribution in [0.4, 0.5) is 4.39 Å². The van der Waals surface area contributed by atoms with Crippen LogP contribution in [-0.4, -0.2) is 20.6 Å². The van der Waals surface area contributed by atoms with Crippen LogP contribution in [0.15, 0.2) is 71.6 Å². The van der Waals surface area contributed by atoms with Gasteiger partial charge in [-0.1, -0.05) is 36.4 Å². The average Bonchev–Trinajstić information content (AvgIpc) is 2.77. The number of fused-ring (bicyclic) bond motifs is 1. The fraction of sp³-hybridized carbons (Fsp3) is 0.174. The van der Waals surface area contributed by atoms with E-state index in [0.717, 1.165) is 11.8 Å². The third kappa shape index (κ3) is 4.76. The second kappa shape index (κ2) is 8.49. The second-order valence-electron chi connectivity index (χ2n) is 7.10. The highest BCUT2D eigenvalue weighted by Crippen LogP contribution is 2.37. The molecule has 31 heavy (non-hydrogen) atoms. The molecular formula is C23H19FO6S. The highest BCUT2D eigenvalue weighted by atomic mass is 32.2. The molecule has 0 unspecified atom stereocenters. The minimum absolute atomic E-state index is 0.0104. The van der Waals surface area contributed by atoms with Gasteiger partial charge in [0.15, 0.2) is 9.84 Å². The molecule has 0 amide bonds. The molecule has 1 aliphatic rings. The molecule has 0 aromatic heterocycles. The molecule has 0 fully saturated rings. The van der Waals surface area contributed by atoms with E-state index in [1.807, 2.05) is 30.3 Å². The van der Waals surface area contributed by atoms with Crippen LogP contribution in [-0.2, 0) is 32.5 Å². The number of hydrogen-bond acceptors (Lipinski definition) is 6. The summed E-state index contributed by atoms with van der Waals surface area (Å²) in [6.45, 7) is -0.104. The summed E-state index contributed by atoms with van der Waals surface area (Å²) in [7, 11) is -3.47. The van der Waals surface area contributed by atoms with E-state index in [2.05, 4.69) is 0 Å². The number of esters is 1. The first-order valence-electron chi connectivity index (χ1n) is 9.43. The smallest absolute Gasteiger partial charge is 0.338 e. The van der Waals surface area contributed by atoms with Gasteiger partial charge < -0.3 is 14.2 Å². The summed E-state index contributed by atoms with van der Waals surface area (Å²) < 4.78 is 54.5. The van der Waals surface area contributed by atoms with Gasteiger partial charge in [0.05, 0.1) is 17.1 Å². The topological polar surface area (TPSA) is 78.9 Å². The third-order valence-corrected chi connectivity index (χ3v) is 5.86. The molecule has 4 rings (SSSR count). The van der Waals surface area contributed by atoms with Crippen molar-refractivity contribution in [2.24, 2.45) is 0 Å². The van der Waals surface area contributed by atoms with Crippen molar-refractivity contribution in [3.8, 4) is 5.75 Å². The average molecular weight is 442 g/mol. The first kappa shape index (κ1) is 21.0. The van der Waals surface area contributed by atoms with E-state index >= 15 is 0 Å². The molecule has 1 heterocycles. The zero-order valence-corrected chi connectivity index (χ0v) is 17.4. The summed E-state index contributed by atoms with van der Waals surface area (Å²) in [4.78, 5) is 12.5. The van der Waals surface area contributed by atoms with Crippen molar-refractivity contribution in [3.63, 3.8) is 0 Å². The van der Waals surface area contributed by atoms with Crippen LogP contribution in [0.3, 0.4) is 0 Å². The molecule has 160 valence electrons. The Labute approximate surface area is 179 Å². The van der Waals surface area contributed by atoms with Crippen LogP contribution in [0.2, 0.25) is 0 Å². The lowest BCUT2D eigenvalue weighted by Crippen LogP contribution is -2.20. The Morgan fingerprint density at radius 3 is 2.61 bits per heavy atom. The molecule has 8 heteroatoms. The fourth-order valence-electron chi connectivity index (χ4n) is 3.24. The number of rotatable bonds is 5. The number of sulfone groups is 1. The van der Waals surface area contributed by atoms with Crippen LogP contribution in [0.25, 0.3) is 0 Å². The van der Waals surface area contributed by atoms with Gasteiger partial charge in [-0.25, -0.2) is 17.6 Å². The first-order chi connectivity index (χ1) is 14.8. The number of ether oxygens (including phenoxy) is 3. The Morgan fingerprint density at radius 1 is 1.10 bits per heavy atom. The minimum atomic E-state index is -3.47. The molecule has 0 N–H and O–H groups in total. The van der Waals surface area contributed by atoms with Crippen LogP contribution in [0.5, 0.6) is 5.75 Å². The summed E-state index contributed by atoms with van der Waals surface area (Å²) in [5.41, 5.74) is 1.75. The molecule has 3 aromatic rings. The van der Waals surface area contributed by atoms with Crippen molar-refractivity contribution in [3.05, 3.63) is 94.8 Å². The predicted octanol–water partition coefficient (Wildman–Crippen LogP) is 4.19. The Morgan fingerprint density at radius 2 is 1.87 bits per heavy atom. The third-order valence-electron chi connectivity index (χ3n) is 4.75. The molecule has 3 aromatic carbocycles. The monoisotopic (exact) mass is 442 g/mol. The van der Waals surface area contributed by atoms with E-state index in [1.54, 1.807) is 0 Å². The van der Waals surface area contributed by atoms with Gasteiger partial charge >= 0.3 is 5.97 Å². The lowest BCUT2D eigenvalue weighted by Gasteiger charge is -2.28. The molecular weight excluding hydrogens is 423 g/mol. The van der Waals surface area contributed by atoms with E-state index in [0.29, 0.717) is 16.9 Å². The molecule has 0 saturated carbocycles. The lowest BCUT2D eigenvalue weighted by molar-refractivity contribution is -0.112. The zero-order chi connectivity index (χ0) is 22.0. The van der Waals surface area contributed by atoms with E-state index in [4.69, 9.17) is 14.2 Å². The van der Waals surface area contributed by atoms with Crippen LogP contribution in [0.1, 0.15) is 33.3 Å². The van der Waals surface area contributed by atoms with Gasteiger partial charge in [0, 0.05) is 22.9 Å². The maximum Gasteiger partial charge on any atom is 0.338 e. The van der Waals surface area contributed by atoms with Gasteiger partial charge in [-0.05, 0) is 30.3 Å². The van der Waals surface area contributed by atoms with Gasteiger partial charge in [-0.3, -0.25) is 0 Å². The largest absolute Gasteiger partial charge is 0.460 e. The van der Waals surface area contributed by atoms with Crippen molar-refractivity contribution in [2.75, 3.05) is 6.26 Å². The first-order valence-corrected chi connectivity index (χ1v) is 11.3. The van der Waals surface area contributed by atoms with E-state index in [9.17, 15) is 17.6 Å². The summed E-state index contributed by atoms with van der Waals surface area (Å²) in [6, 6.07) is 17.4. The number of carbonyl (C=O) groups is 1. The van der Waals surface area contributed by atoms with Crippen molar-refractivity contribution in [1.29, 1.82) is 0 Å². The molecule has 0 bridgehead atoms. The summed E-state index contributed by atoms with van der Waals surface area (Å²) >= 11 is 0. The minimum Gasteiger partial charge on any atom is -0.460 e. The Hall–Kier alpha value is -3.23. The predicted molar refractivity (Wildman–Crippen MR) is 110 cm³/mol. The van der Waals surface area contributed by atoms with Crippen LogP contribution >= 0.6 is 0 Å². The van der Waals surface area contributed by atoms with Gasteiger partial charge in [0.2, 0.25) is 6.29 Å². The van der Waals surface area contributed by atoms with Gasteiger partial charge in [-0.2, -0.15) is 0 Å². The van der Waals surface area contributed by atoms with Crippen molar-refractivity contribution >= 4 is 15.8 Å². The fourth-order valence-corrected chi connectivity index (χ4v) is 3.91. The number of halogens is 1. The van der Waals surface area contributed by atoms with Crippen molar-refractivity contribution in [1.82, 2.24) is 0 Å². The SMILES string of the molecule is CS(=O)(=O)c1cccc(C(=O)OCc2cc(F)cc3c2O[C@H](c2ccccc2)OC3)c1. The number of benzene rings is 3. The maximum atomic E-state index is 14.1. The Balaban J connectivity index is 1.55. The molecule has 0 spiro atoms. The quantitative estimate of drug-likeness (QED) is 0.551. The standard InChI is InChI=1S/C23H19FO6S/c1-31(26,27)20-9-5-8-16(12-20)22(25)28-13-17-10-19(24)11-18-14-29-23(30-21(17)18)15-6-3-2-4-7-15/h2-12,23H,13-14H2,1H3/t23-/m1/s1. The Bertz CT molecular complexity index is 1220. The molecule has 0 saturated heterocycles. The van der Waals surface area contributed by atoms with E-state index < -0.39 is 27.9 Å². The summed E-state index contributed by atoms with van der Waals surface area (Å²) in [5, 5.41) is 0. The molecule has 1 atom stereocenters.